The van der Waals surface area contributed by atoms with Gasteiger partial charge >= 0.3 is 0 Å². The van der Waals surface area contributed by atoms with Gasteiger partial charge in [0.1, 0.15) is 0 Å². The minimum absolute atomic E-state index is 0.164. The van der Waals surface area contributed by atoms with E-state index in [0.29, 0.717) is 25.1 Å². The first-order valence-electron chi connectivity index (χ1n) is 7.79. The van der Waals surface area contributed by atoms with E-state index >= 15 is 0 Å². The lowest BCUT2D eigenvalue weighted by Crippen LogP contribution is -2.48. The van der Waals surface area contributed by atoms with Crippen molar-refractivity contribution in [2.45, 2.75) is 38.3 Å². The van der Waals surface area contributed by atoms with Gasteiger partial charge in [0, 0.05) is 25.7 Å². The van der Waals surface area contributed by atoms with Gasteiger partial charge in [0.05, 0.1) is 19.3 Å². The standard InChI is InChI=1S/C16H24N2O2S/c1-12-7-15(14-3-6-21-11-14)9-18(12)10-16(19)17-4-5-20-13(2)8-17/h3,6,11-13,15H,4-5,7-10H2,1-2H3. The molecule has 1 amide bonds. The van der Waals surface area contributed by atoms with Gasteiger partial charge in [-0.25, -0.2) is 0 Å². The molecule has 2 aliphatic rings. The van der Waals surface area contributed by atoms with Gasteiger partial charge in [-0.3, -0.25) is 9.69 Å². The van der Waals surface area contributed by atoms with Gasteiger partial charge in [-0.05, 0) is 48.6 Å². The second kappa shape index (κ2) is 6.46. The summed E-state index contributed by atoms with van der Waals surface area (Å²) >= 11 is 1.76. The summed E-state index contributed by atoms with van der Waals surface area (Å²) < 4.78 is 5.51. The van der Waals surface area contributed by atoms with Crippen LogP contribution < -0.4 is 0 Å². The molecule has 0 bridgehead atoms. The highest BCUT2D eigenvalue weighted by Gasteiger charge is 2.32. The predicted octanol–water partition coefficient (Wildman–Crippen LogP) is 2.17. The first kappa shape index (κ1) is 15.0. The van der Waals surface area contributed by atoms with Crippen molar-refractivity contribution in [3.05, 3.63) is 22.4 Å². The second-order valence-corrected chi connectivity index (χ2v) is 7.07. The van der Waals surface area contributed by atoms with Gasteiger partial charge in [0.15, 0.2) is 0 Å². The number of rotatable bonds is 3. The van der Waals surface area contributed by atoms with Crippen molar-refractivity contribution < 1.29 is 9.53 Å². The molecule has 1 aromatic rings. The van der Waals surface area contributed by atoms with Crippen LogP contribution in [0.5, 0.6) is 0 Å². The summed E-state index contributed by atoms with van der Waals surface area (Å²) in [6.45, 7) is 7.96. The van der Waals surface area contributed by atoms with Crippen LogP contribution in [0.25, 0.3) is 0 Å². The molecule has 0 radical (unpaired) electrons. The maximum atomic E-state index is 12.5. The molecule has 3 rings (SSSR count). The molecule has 1 aromatic heterocycles. The zero-order chi connectivity index (χ0) is 14.8. The van der Waals surface area contributed by atoms with Crippen LogP contribution in [0, 0.1) is 0 Å². The molecule has 116 valence electrons. The fraction of sp³-hybridized carbons (Fsp3) is 0.688. The molecule has 0 saturated carbocycles. The van der Waals surface area contributed by atoms with Crippen LogP contribution in [0.3, 0.4) is 0 Å². The van der Waals surface area contributed by atoms with Crippen LogP contribution in [0.15, 0.2) is 16.8 Å². The molecule has 2 aliphatic heterocycles. The van der Waals surface area contributed by atoms with E-state index in [1.807, 2.05) is 11.8 Å². The van der Waals surface area contributed by atoms with Gasteiger partial charge < -0.3 is 9.64 Å². The van der Waals surface area contributed by atoms with Crippen molar-refractivity contribution in [2.75, 3.05) is 32.8 Å². The summed E-state index contributed by atoms with van der Waals surface area (Å²) in [6.07, 6.45) is 1.32. The second-order valence-electron chi connectivity index (χ2n) is 6.29. The van der Waals surface area contributed by atoms with E-state index in [2.05, 4.69) is 28.7 Å². The van der Waals surface area contributed by atoms with Gasteiger partial charge in [0.2, 0.25) is 5.91 Å². The highest BCUT2D eigenvalue weighted by molar-refractivity contribution is 7.07. The van der Waals surface area contributed by atoms with Crippen LogP contribution in [0.4, 0.5) is 0 Å². The molecule has 0 N–H and O–H groups in total. The summed E-state index contributed by atoms with van der Waals surface area (Å²) in [5, 5.41) is 4.38. The van der Waals surface area contributed by atoms with Gasteiger partial charge in [-0.15, -0.1) is 0 Å². The highest BCUT2D eigenvalue weighted by Crippen LogP contribution is 2.32. The summed E-state index contributed by atoms with van der Waals surface area (Å²) in [6, 6.07) is 2.70. The molecule has 4 nitrogen and oxygen atoms in total. The van der Waals surface area contributed by atoms with Gasteiger partial charge in [-0.2, -0.15) is 11.3 Å². The normalized spacial score (nSPS) is 30.8. The number of likely N-dealkylation sites (tertiary alicyclic amines) is 1. The Labute approximate surface area is 130 Å². The van der Waals surface area contributed by atoms with E-state index in [1.54, 1.807) is 11.3 Å². The lowest BCUT2D eigenvalue weighted by molar-refractivity contribution is -0.139. The smallest absolute Gasteiger partial charge is 0.236 e. The van der Waals surface area contributed by atoms with Crippen LogP contribution in [0.1, 0.15) is 31.7 Å². The average Bonchev–Trinajstić information content (AvgIpc) is 3.09. The minimum Gasteiger partial charge on any atom is -0.375 e. The number of morpholine rings is 1. The molecule has 5 heteroatoms. The van der Waals surface area contributed by atoms with E-state index in [-0.39, 0.29) is 12.0 Å². The van der Waals surface area contributed by atoms with Crippen molar-refractivity contribution in [2.24, 2.45) is 0 Å². The van der Waals surface area contributed by atoms with Crippen molar-refractivity contribution in [3.8, 4) is 0 Å². The van der Waals surface area contributed by atoms with E-state index in [9.17, 15) is 4.79 Å². The van der Waals surface area contributed by atoms with E-state index < -0.39 is 0 Å². The summed E-state index contributed by atoms with van der Waals surface area (Å²) in [4.78, 5) is 16.8. The first-order valence-corrected chi connectivity index (χ1v) is 8.73. The number of carbonyl (C=O) groups is 1. The van der Waals surface area contributed by atoms with E-state index in [1.165, 1.54) is 5.56 Å². The van der Waals surface area contributed by atoms with Gasteiger partial charge in [0.25, 0.3) is 0 Å². The Morgan fingerprint density at radius 1 is 1.43 bits per heavy atom. The van der Waals surface area contributed by atoms with Gasteiger partial charge in [-0.1, -0.05) is 0 Å². The maximum Gasteiger partial charge on any atom is 0.236 e. The molecule has 21 heavy (non-hydrogen) atoms. The number of carbonyl (C=O) groups excluding carboxylic acids is 1. The topological polar surface area (TPSA) is 32.8 Å². The van der Waals surface area contributed by atoms with E-state index in [0.717, 1.165) is 26.1 Å². The number of amides is 1. The predicted molar refractivity (Wildman–Crippen MR) is 84.7 cm³/mol. The van der Waals surface area contributed by atoms with Crippen molar-refractivity contribution in [3.63, 3.8) is 0 Å². The lowest BCUT2D eigenvalue weighted by atomic mass is 10.00. The third-order valence-corrected chi connectivity index (χ3v) is 5.35. The number of thiophene rings is 1. The van der Waals surface area contributed by atoms with Crippen molar-refractivity contribution in [1.82, 2.24) is 9.80 Å². The number of hydrogen-bond donors (Lipinski definition) is 0. The quantitative estimate of drug-likeness (QED) is 0.858. The summed E-state index contributed by atoms with van der Waals surface area (Å²) in [7, 11) is 0. The molecule has 0 aliphatic carbocycles. The number of nitrogens with zero attached hydrogens (tertiary/aromatic N) is 2. The molecule has 2 saturated heterocycles. The summed E-state index contributed by atoms with van der Waals surface area (Å²) in [5.74, 6) is 0.839. The molecule has 0 spiro atoms. The maximum absolute atomic E-state index is 12.5. The average molecular weight is 308 g/mol. The van der Waals surface area contributed by atoms with E-state index in [4.69, 9.17) is 4.74 Å². The third kappa shape index (κ3) is 3.47. The van der Waals surface area contributed by atoms with Crippen LogP contribution in [-0.4, -0.2) is 60.6 Å². The molecule has 3 unspecified atom stereocenters. The number of hydrogen-bond acceptors (Lipinski definition) is 4. The Hall–Kier alpha value is -0.910. The molecular weight excluding hydrogens is 284 g/mol. The Balaban J connectivity index is 1.56. The molecule has 3 heterocycles. The first-order chi connectivity index (χ1) is 10.1. The van der Waals surface area contributed by atoms with Crippen molar-refractivity contribution in [1.29, 1.82) is 0 Å². The van der Waals surface area contributed by atoms with Crippen LogP contribution in [-0.2, 0) is 9.53 Å². The van der Waals surface area contributed by atoms with Crippen LogP contribution >= 0.6 is 11.3 Å². The fourth-order valence-electron chi connectivity index (χ4n) is 3.39. The Bertz CT molecular complexity index is 477. The largest absolute Gasteiger partial charge is 0.375 e. The number of ether oxygens (including phenoxy) is 1. The molecular formula is C16H24N2O2S. The van der Waals surface area contributed by atoms with Crippen LogP contribution in [0.2, 0.25) is 0 Å². The monoisotopic (exact) mass is 308 g/mol. The zero-order valence-electron chi connectivity index (χ0n) is 12.8. The highest BCUT2D eigenvalue weighted by atomic mass is 32.1. The molecule has 2 fully saturated rings. The Kier molecular flexibility index (Phi) is 4.62. The minimum atomic E-state index is 0.164. The Morgan fingerprint density at radius 3 is 3.00 bits per heavy atom. The van der Waals surface area contributed by atoms with Crippen molar-refractivity contribution >= 4 is 17.2 Å². The SMILES string of the molecule is CC1CN(C(=O)CN2CC(c3ccsc3)CC2C)CCO1. The molecule has 3 atom stereocenters. The fourth-order valence-corrected chi connectivity index (χ4v) is 4.13. The molecule has 0 aromatic carbocycles. The zero-order valence-corrected chi connectivity index (χ0v) is 13.6. The third-order valence-electron chi connectivity index (χ3n) is 4.65. The summed E-state index contributed by atoms with van der Waals surface area (Å²) in [5.41, 5.74) is 1.43. The Morgan fingerprint density at radius 2 is 2.29 bits per heavy atom. The lowest BCUT2D eigenvalue weighted by Gasteiger charge is -2.33.